The summed E-state index contributed by atoms with van der Waals surface area (Å²) in [6.45, 7) is 6.25. The Balaban J connectivity index is 1.87. The number of carbonyl (C=O) groups excluding carboxylic acids is 2. The number of nitrogens with zero attached hydrogens (tertiary/aromatic N) is 1. The maximum Gasteiger partial charge on any atom is 0.260 e. The lowest BCUT2D eigenvalue weighted by atomic mass is 10.1. The summed E-state index contributed by atoms with van der Waals surface area (Å²) >= 11 is 0. The summed E-state index contributed by atoms with van der Waals surface area (Å²) in [5.41, 5.74) is 0.673. The Morgan fingerprint density at radius 3 is 2.67 bits per heavy atom. The first-order chi connectivity index (χ1) is 10.1. The third-order valence-corrected chi connectivity index (χ3v) is 3.68. The minimum absolute atomic E-state index is 0.00212. The first-order valence-electron chi connectivity index (χ1n) is 7.38. The number of hydrogen-bond acceptors (Lipinski definition) is 4. The van der Waals surface area contributed by atoms with Gasteiger partial charge in [0, 0.05) is 37.7 Å². The van der Waals surface area contributed by atoms with Crippen LogP contribution in [-0.4, -0.2) is 48.9 Å². The number of piperazine rings is 1. The zero-order valence-electron chi connectivity index (χ0n) is 12.6. The number of rotatable bonds is 5. The van der Waals surface area contributed by atoms with Crippen molar-refractivity contribution in [1.29, 1.82) is 0 Å². The van der Waals surface area contributed by atoms with Crippen LogP contribution in [0.25, 0.3) is 0 Å². The number of nitrogens with one attached hydrogen (secondary N) is 1. The van der Waals surface area contributed by atoms with E-state index in [-0.39, 0.29) is 24.3 Å². The summed E-state index contributed by atoms with van der Waals surface area (Å²) in [7, 11) is 0. The van der Waals surface area contributed by atoms with E-state index in [2.05, 4.69) is 5.32 Å². The molecule has 0 spiro atoms. The Morgan fingerprint density at radius 2 is 2.05 bits per heavy atom. The fourth-order valence-corrected chi connectivity index (χ4v) is 2.38. The topological polar surface area (TPSA) is 58.6 Å². The van der Waals surface area contributed by atoms with Crippen LogP contribution in [0, 0.1) is 0 Å². The highest BCUT2D eigenvalue weighted by molar-refractivity contribution is 5.95. The minimum Gasteiger partial charge on any atom is -0.484 e. The van der Waals surface area contributed by atoms with Gasteiger partial charge in [0.2, 0.25) is 0 Å². The third kappa shape index (κ3) is 4.04. The smallest absolute Gasteiger partial charge is 0.260 e. The summed E-state index contributed by atoms with van der Waals surface area (Å²) in [5, 5.41) is 3.25. The van der Waals surface area contributed by atoms with E-state index in [0.717, 1.165) is 13.1 Å². The molecule has 1 saturated heterocycles. The lowest BCUT2D eigenvalue weighted by Gasteiger charge is -2.33. The van der Waals surface area contributed by atoms with Crippen LogP contribution >= 0.6 is 0 Å². The van der Waals surface area contributed by atoms with Gasteiger partial charge < -0.3 is 15.0 Å². The molecular weight excluding hydrogens is 268 g/mol. The molecule has 5 heteroatoms. The zero-order valence-corrected chi connectivity index (χ0v) is 12.6. The van der Waals surface area contributed by atoms with Gasteiger partial charge in [-0.15, -0.1) is 0 Å². The second kappa shape index (κ2) is 7.22. The second-order valence-electron chi connectivity index (χ2n) is 5.23. The molecule has 0 aromatic heterocycles. The number of amides is 1. The maximum atomic E-state index is 12.1. The van der Waals surface area contributed by atoms with Crippen molar-refractivity contribution in [2.75, 3.05) is 26.2 Å². The summed E-state index contributed by atoms with van der Waals surface area (Å²) < 4.78 is 5.51. The summed E-state index contributed by atoms with van der Waals surface area (Å²) in [6, 6.07) is 7.13. The Hall–Kier alpha value is -1.88. The summed E-state index contributed by atoms with van der Waals surface area (Å²) in [5.74, 6) is 0.712. The van der Waals surface area contributed by atoms with Gasteiger partial charge in [-0.1, -0.05) is 6.92 Å². The van der Waals surface area contributed by atoms with Crippen LogP contribution < -0.4 is 10.1 Å². The molecule has 1 N–H and O–H groups in total. The van der Waals surface area contributed by atoms with E-state index in [0.29, 0.717) is 24.3 Å². The van der Waals surface area contributed by atoms with Crippen molar-refractivity contribution in [3.63, 3.8) is 0 Å². The predicted octanol–water partition coefficient (Wildman–Crippen LogP) is 1.48. The Morgan fingerprint density at radius 1 is 1.33 bits per heavy atom. The van der Waals surface area contributed by atoms with Crippen LogP contribution in [0.4, 0.5) is 0 Å². The van der Waals surface area contributed by atoms with Gasteiger partial charge >= 0.3 is 0 Å². The molecule has 0 saturated carbocycles. The Kier molecular flexibility index (Phi) is 5.33. The number of carbonyl (C=O) groups is 2. The SMILES string of the molecule is CCC(=O)c1ccc(OCC(=O)N2CCNC[C@@H]2C)cc1. The minimum atomic E-state index is -0.00212. The number of Topliss-reactive ketones (excluding diaryl/α,β-unsaturated/α-hetero) is 1. The van der Waals surface area contributed by atoms with E-state index in [1.54, 1.807) is 24.3 Å². The van der Waals surface area contributed by atoms with Crippen LogP contribution in [0.3, 0.4) is 0 Å². The number of hydrogen-bond donors (Lipinski definition) is 1. The monoisotopic (exact) mass is 290 g/mol. The summed E-state index contributed by atoms with van der Waals surface area (Å²) in [6.07, 6.45) is 0.486. The molecule has 0 radical (unpaired) electrons. The maximum absolute atomic E-state index is 12.1. The highest BCUT2D eigenvalue weighted by atomic mass is 16.5. The van der Waals surface area contributed by atoms with Gasteiger partial charge in [-0.3, -0.25) is 9.59 Å². The van der Waals surface area contributed by atoms with Gasteiger partial charge in [0.1, 0.15) is 5.75 Å². The molecule has 1 heterocycles. The van der Waals surface area contributed by atoms with Gasteiger partial charge in [0.15, 0.2) is 12.4 Å². The van der Waals surface area contributed by atoms with Gasteiger partial charge in [-0.25, -0.2) is 0 Å². The number of ether oxygens (including phenoxy) is 1. The zero-order chi connectivity index (χ0) is 15.2. The number of ketones is 1. The predicted molar refractivity (Wildman–Crippen MR) is 80.6 cm³/mol. The van der Waals surface area contributed by atoms with Crippen molar-refractivity contribution in [3.05, 3.63) is 29.8 Å². The molecule has 5 nitrogen and oxygen atoms in total. The van der Waals surface area contributed by atoms with Crippen molar-refractivity contribution in [2.45, 2.75) is 26.3 Å². The first kappa shape index (κ1) is 15.5. The Bertz CT molecular complexity index is 499. The largest absolute Gasteiger partial charge is 0.484 e. The molecule has 1 aliphatic rings. The van der Waals surface area contributed by atoms with Gasteiger partial charge in [-0.2, -0.15) is 0 Å². The van der Waals surface area contributed by atoms with Crippen molar-refractivity contribution in [1.82, 2.24) is 10.2 Å². The van der Waals surface area contributed by atoms with Crippen LogP contribution in [0.2, 0.25) is 0 Å². The van der Waals surface area contributed by atoms with Crippen molar-refractivity contribution in [2.24, 2.45) is 0 Å². The standard InChI is InChI=1S/C16H22N2O3/c1-3-15(19)13-4-6-14(7-5-13)21-11-16(20)18-9-8-17-10-12(18)2/h4-7,12,17H,3,8-11H2,1-2H3/t12-/m0/s1. The van der Waals surface area contributed by atoms with Crippen molar-refractivity contribution in [3.8, 4) is 5.75 Å². The fraction of sp³-hybridized carbons (Fsp3) is 0.500. The highest BCUT2D eigenvalue weighted by Crippen LogP contribution is 2.14. The molecule has 2 rings (SSSR count). The van der Waals surface area contributed by atoms with Crippen LogP contribution in [0.1, 0.15) is 30.6 Å². The van der Waals surface area contributed by atoms with Gasteiger partial charge in [-0.05, 0) is 31.2 Å². The number of benzene rings is 1. The average Bonchev–Trinajstić information content (AvgIpc) is 2.52. The molecule has 1 aromatic carbocycles. The molecule has 0 aliphatic carbocycles. The van der Waals surface area contributed by atoms with Crippen LogP contribution in [-0.2, 0) is 4.79 Å². The normalized spacial score (nSPS) is 18.4. The van der Waals surface area contributed by atoms with E-state index in [9.17, 15) is 9.59 Å². The Labute approximate surface area is 125 Å². The molecule has 1 aromatic rings. The molecule has 114 valence electrons. The second-order valence-corrected chi connectivity index (χ2v) is 5.23. The first-order valence-corrected chi connectivity index (χ1v) is 7.38. The van der Waals surface area contributed by atoms with Crippen molar-refractivity contribution >= 4 is 11.7 Å². The lowest BCUT2D eigenvalue weighted by molar-refractivity contribution is -0.136. The van der Waals surface area contributed by atoms with Crippen molar-refractivity contribution < 1.29 is 14.3 Å². The summed E-state index contributed by atoms with van der Waals surface area (Å²) in [4.78, 5) is 25.5. The van der Waals surface area contributed by atoms with E-state index >= 15 is 0 Å². The average molecular weight is 290 g/mol. The quantitative estimate of drug-likeness (QED) is 0.835. The van der Waals surface area contributed by atoms with E-state index in [4.69, 9.17) is 4.74 Å². The molecule has 1 atom stereocenters. The molecule has 0 unspecified atom stereocenters. The van der Waals surface area contributed by atoms with Gasteiger partial charge in [0.05, 0.1) is 0 Å². The van der Waals surface area contributed by atoms with Crippen LogP contribution in [0.5, 0.6) is 5.75 Å². The molecule has 21 heavy (non-hydrogen) atoms. The highest BCUT2D eigenvalue weighted by Gasteiger charge is 2.23. The molecule has 1 aliphatic heterocycles. The lowest BCUT2D eigenvalue weighted by Crippen LogP contribution is -2.53. The van der Waals surface area contributed by atoms with E-state index < -0.39 is 0 Å². The molecular formula is C16H22N2O3. The van der Waals surface area contributed by atoms with Crippen LogP contribution in [0.15, 0.2) is 24.3 Å². The third-order valence-electron chi connectivity index (χ3n) is 3.68. The molecule has 0 bridgehead atoms. The molecule has 1 fully saturated rings. The molecule has 1 amide bonds. The van der Waals surface area contributed by atoms with E-state index in [1.807, 2.05) is 18.7 Å². The fourth-order valence-electron chi connectivity index (χ4n) is 2.38. The van der Waals surface area contributed by atoms with E-state index in [1.165, 1.54) is 0 Å². The van der Waals surface area contributed by atoms with Gasteiger partial charge in [0.25, 0.3) is 5.91 Å².